The number of anilines is 1. The smallest absolute Gasteiger partial charge is 0.323 e. The topological polar surface area (TPSA) is 117 Å². The maximum atomic E-state index is 12.8. The maximum absolute atomic E-state index is 12.8. The Hall–Kier alpha value is -3.20. The number of carbonyl (C=O) groups excluding carboxylic acids is 2. The molecule has 8 heteroatoms. The number of phenols is 1. The van der Waals surface area contributed by atoms with Crippen LogP contribution in [0.3, 0.4) is 0 Å². The second-order valence-electron chi connectivity index (χ2n) is 11.9. The summed E-state index contributed by atoms with van der Waals surface area (Å²) in [6.07, 6.45) is 4.94. The predicted molar refractivity (Wildman–Crippen MR) is 155 cm³/mol. The Kier molecular flexibility index (Phi) is 8.73. The standard InChI is InChI=1S/C32H42N2O6/c1-19(2)26(33-5)30(37)40-24-15-17-31(4,18-20(24)3)16-14-21-12-13-23-25(27(21)35)32(38,22-10-8-7-9-11-22)28(39-6)29(36)34-23/h7-14,16,19-20,24,26,28,33,35,38H,15,17-18H2,1-6H3,(H,34,36)/b16-14+/t20-,24+,26-,28+,31+,32-/m0/s1. The van der Waals surface area contributed by atoms with Crippen LogP contribution in [0.25, 0.3) is 6.08 Å². The van der Waals surface area contributed by atoms with Crippen LogP contribution < -0.4 is 10.6 Å². The summed E-state index contributed by atoms with van der Waals surface area (Å²) < 4.78 is 11.4. The van der Waals surface area contributed by atoms with Crippen molar-refractivity contribution in [3.63, 3.8) is 0 Å². The number of ether oxygens (including phenoxy) is 2. The number of nitrogens with one attached hydrogen (secondary N) is 2. The van der Waals surface area contributed by atoms with Crippen LogP contribution in [0.4, 0.5) is 5.69 Å². The second-order valence-corrected chi connectivity index (χ2v) is 11.9. The quantitative estimate of drug-likeness (QED) is 0.355. The fraction of sp³-hybridized carbons (Fsp3) is 0.500. The SMILES string of the molecule is CN[C@H](C(=O)O[C@@H]1CC[C@@](C)(/C=C/c2ccc3c(c2O)[C@@](O)(c2ccccc2)[C@H](OC)C(=O)N3)C[C@@H]1C)C(C)C. The van der Waals surface area contributed by atoms with Crippen LogP contribution in [0, 0.1) is 17.3 Å². The van der Waals surface area contributed by atoms with E-state index in [0.29, 0.717) is 16.8 Å². The number of methoxy groups -OCH3 is 1. The molecule has 2 aromatic rings. The molecule has 6 atom stereocenters. The van der Waals surface area contributed by atoms with Crippen LogP contribution in [-0.4, -0.2) is 54.5 Å². The van der Waals surface area contributed by atoms with Crippen LogP contribution in [-0.2, 0) is 24.7 Å². The Balaban J connectivity index is 1.59. The molecule has 0 aromatic heterocycles. The first-order valence-corrected chi connectivity index (χ1v) is 14.0. The van der Waals surface area contributed by atoms with Gasteiger partial charge in [-0.2, -0.15) is 0 Å². The van der Waals surface area contributed by atoms with Crippen molar-refractivity contribution < 1.29 is 29.3 Å². The van der Waals surface area contributed by atoms with Crippen molar-refractivity contribution in [3.05, 3.63) is 65.2 Å². The number of carbonyl (C=O) groups is 2. The van der Waals surface area contributed by atoms with E-state index in [4.69, 9.17) is 9.47 Å². The lowest BCUT2D eigenvalue weighted by Crippen LogP contribution is -2.52. The second kappa shape index (κ2) is 11.7. The number of aliphatic hydroxyl groups is 1. The van der Waals surface area contributed by atoms with Gasteiger partial charge in [0, 0.05) is 12.7 Å². The Morgan fingerprint density at radius 2 is 1.90 bits per heavy atom. The molecule has 40 heavy (non-hydrogen) atoms. The molecule has 4 N–H and O–H groups in total. The summed E-state index contributed by atoms with van der Waals surface area (Å²) in [7, 11) is 3.14. The average molecular weight is 551 g/mol. The summed E-state index contributed by atoms with van der Waals surface area (Å²) >= 11 is 0. The Morgan fingerprint density at radius 3 is 2.50 bits per heavy atom. The Labute approximate surface area is 236 Å². The number of allylic oxidation sites excluding steroid dienone is 1. The van der Waals surface area contributed by atoms with Crippen LogP contribution >= 0.6 is 0 Å². The average Bonchev–Trinajstić information content (AvgIpc) is 2.90. The van der Waals surface area contributed by atoms with Gasteiger partial charge < -0.3 is 30.3 Å². The third kappa shape index (κ3) is 5.53. The molecule has 4 rings (SSSR count). The van der Waals surface area contributed by atoms with Gasteiger partial charge in [-0.1, -0.05) is 70.2 Å². The van der Waals surface area contributed by atoms with Crippen molar-refractivity contribution >= 4 is 23.6 Å². The summed E-state index contributed by atoms with van der Waals surface area (Å²) in [5.74, 6) is -0.513. The van der Waals surface area contributed by atoms with Gasteiger partial charge in [-0.05, 0) is 61.3 Å². The Morgan fingerprint density at radius 1 is 1.20 bits per heavy atom. The molecule has 1 heterocycles. The number of hydrogen-bond donors (Lipinski definition) is 4. The van der Waals surface area contributed by atoms with Crippen LogP contribution in [0.1, 0.15) is 63.6 Å². The van der Waals surface area contributed by atoms with Crippen molar-refractivity contribution in [1.82, 2.24) is 5.32 Å². The molecule has 0 radical (unpaired) electrons. The van der Waals surface area contributed by atoms with E-state index in [-0.39, 0.29) is 46.7 Å². The summed E-state index contributed by atoms with van der Waals surface area (Å²) in [5.41, 5.74) is -0.558. The Bertz CT molecular complexity index is 1260. The highest BCUT2D eigenvalue weighted by atomic mass is 16.5. The van der Waals surface area contributed by atoms with Gasteiger partial charge in [0.2, 0.25) is 0 Å². The number of rotatable bonds is 8. The number of fused-ring (bicyclic) bond motifs is 1. The molecule has 2 aliphatic rings. The lowest BCUT2D eigenvalue weighted by Gasteiger charge is -2.41. The van der Waals surface area contributed by atoms with E-state index < -0.39 is 17.6 Å². The van der Waals surface area contributed by atoms with E-state index in [1.54, 1.807) is 43.4 Å². The molecule has 0 spiro atoms. The first-order valence-electron chi connectivity index (χ1n) is 14.0. The maximum Gasteiger partial charge on any atom is 0.323 e. The van der Waals surface area contributed by atoms with Crippen molar-refractivity contribution in [3.8, 4) is 5.75 Å². The lowest BCUT2D eigenvalue weighted by atomic mass is 9.69. The minimum absolute atomic E-state index is 0.117. The zero-order valence-electron chi connectivity index (χ0n) is 24.2. The normalized spacial score (nSPS) is 29.2. The molecule has 8 nitrogen and oxygen atoms in total. The van der Waals surface area contributed by atoms with E-state index in [0.717, 1.165) is 19.3 Å². The molecule has 0 unspecified atom stereocenters. The molecule has 0 saturated heterocycles. The molecule has 2 aromatic carbocycles. The van der Waals surface area contributed by atoms with Crippen molar-refractivity contribution in [1.29, 1.82) is 0 Å². The van der Waals surface area contributed by atoms with E-state index in [2.05, 4.69) is 30.6 Å². The third-order valence-corrected chi connectivity index (χ3v) is 8.50. The minimum Gasteiger partial charge on any atom is -0.507 e. The summed E-state index contributed by atoms with van der Waals surface area (Å²) in [6.45, 7) is 8.26. The van der Waals surface area contributed by atoms with Gasteiger partial charge in [0.15, 0.2) is 11.7 Å². The number of hydrogen-bond acceptors (Lipinski definition) is 7. The van der Waals surface area contributed by atoms with Crippen LogP contribution in [0.15, 0.2) is 48.5 Å². The first kappa shape index (κ1) is 29.8. The van der Waals surface area contributed by atoms with E-state index in [1.807, 2.05) is 26.0 Å². The number of likely N-dealkylation sites (N-methyl/N-ethyl adjacent to an activating group) is 1. The van der Waals surface area contributed by atoms with Crippen LogP contribution in [0.5, 0.6) is 5.75 Å². The highest BCUT2D eigenvalue weighted by Crippen LogP contribution is 2.48. The van der Waals surface area contributed by atoms with Gasteiger partial charge in [0.05, 0.1) is 11.3 Å². The zero-order chi connectivity index (χ0) is 29.2. The van der Waals surface area contributed by atoms with Gasteiger partial charge in [0.1, 0.15) is 17.9 Å². The highest BCUT2D eigenvalue weighted by molar-refractivity contribution is 6.00. The third-order valence-electron chi connectivity index (χ3n) is 8.50. The van der Waals surface area contributed by atoms with Crippen molar-refractivity contribution in [2.24, 2.45) is 17.3 Å². The molecular formula is C32H42N2O6. The molecule has 1 fully saturated rings. The summed E-state index contributed by atoms with van der Waals surface area (Å²) in [5, 5.41) is 29.3. The molecule has 0 bridgehead atoms. The first-order chi connectivity index (χ1) is 18.9. The summed E-state index contributed by atoms with van der Waals surface area (Å²) in [6, 6.07) is 11.9. The minimum atomic E-state index is -1.89. The zero-order valence-corrected chi connectivity index (χ0v) is 24.2. The lowest BCUT2D eigenvalue weighted by molar-refractivity contribution is -0.158. The fourth-order valence-corrected chi connectivity index (χ4v) is 6.31. The molecular weight excluding hydrogens is 508 g/mol. The summed E-state index contributed by atoms with van der Waals surface area (Å²) in [4.78, 5) is 25.5. The van der Waals surface area contributed by atoms with E-state index in [1.165, 1.54) is 7.11 Å². The largest absolute Gasteiger partial charge is 0.507 e. The van der Waals surface area contributed by atoms with Crippen LogP contribution in [0.2, 0.25) is 0 Å². The van der Waals surface area contributed by atoms with Gasteiger partial charge >= 0.3 is 5.97 Å². The number of benzene rings is 2. The molecule has 1 aliphatic carbocycles. The van der Waals surface area contributed by atoms with Gasteiger partial charge in [0.25, 0.3) is 5.91 Å². The predicted octanol–water partition coefficient (Wildman–Crippen LogP) is 4.59. The van der Waals surface area contributed by atoms with E-state index >= 15 is 0 Å². The molecule has 1 aliphatic heterocycles. The number of aromatic hydroxyl groups is 1. The number of esters is 1. The highest BCUT2D eigenvalue weighted by Gasteiger charge is 2.51. The van der Waals surface area contributed by atoms with E-state index in [9.17, 15) is 19.8 Å². The van der Waals surface area contributed by atoms with Crippen molar-refractivity contribution in [2.75, 3.05) is 19.5 Å². The van der Waals surface area contributed by atoms with Gasteiger partial charge in [-0.15, -0.1) is 0 Å². The fourth-order valence-electron chi connectivity index (χ4n) is 6.31. The molecule has 216 valence electrons. The number of phenolic OH excluding ortho intramolecular Hbond substituents is 1. The molecule has 1 saturated carbocycles. The molecule has 1 amide bonds. The van der Waals surface area contributed by atoms with Crippen molar-refractivity contribution in [2.45, 2.75) is 70.8 Å². The number of amides is 1. The monoisotopic (exact) mass is 550 g/mol. The van der Waals surface area contributed by atoms with Gasteiger partial charge in [-0.3, -0.25) is 9.59 Å². The van der Waals surface area contributed by atoms with Gasteiger partial charge in [-0.25, -0.2) is 0 Å².